The van der Waals surface area contributed by atoms with E-state index >= 15 is 0 Å². The van der Waals surface area contributed by atoms with E-state index in [2.05, 4.69) is 26.8 Å². The van der Waals surface area contributed by atoms with E-state index in [1.165, 1.54) is 19.4 Å². The van der Waals surface area contributed by atoms with Gasteiger partial charge in [-0.15, -0.1) is 0 Å². The van der Waals surface area contributed by atoms with Crippen molar-refractivity contribution in [1.82, 2.24) is 0 Å². The Balaban J connectivity index is 1.65. The molecule has 0 heterocycles. The van der Waals surface area contributed by atoms with Crippen LogP contribution in [0.1, 0.15) is 100 Å². The molecule has 0 aromatic carbocycles. The zero-order chi connectivity index (χ0) is 31.3. The topological polar surface area (TPSA) is 130 Å². The van der Waals surface area contributed by atoms with E-state index in [1.807, 2.05) is 20.8 Å². The van der Waals surface area contributed by atoms with Gasteiger partial charge >= 0.3 is 11.9 Å². The summed E-state index contributed by atoms with van der Waals surface area (Å²) >= 11 is 0. The molecule has 5 aliphatic carbocycles. The van der Waals surface area contributed by atoms with Crippen molar-refractivity contribution in [2.45, 2.75) is 125 Å². The van der Waals surface area contributed by atoms with Crippen LogP contribution in [0.15, 0.2) is 11.6 Å². The Morgan fingerprint density at radius 1 is 0.905 bits per heavy atom. The molecular weight excluding hydrogens is 536 g/mol. The summed E-state index contributed by atoms with van der Waals surface area (Å²) in [6.45, 7) is 15.1. The molecule has 0 radical (unpaired) electrons. The van der Waals surface area contributed by atoms with Crippen LogP contribution in [0.2, 0.25) is 0 Å². The lowest BCUT2D eigenvalue weighted by Gasteiger charge is -2.72. The van der Waals surface area contributed by atoms with Crippen molar-refractivity contribution in [1.29, 1.82) is 0 Å². The molecule has 0 spiro atoms. The number of allylic oxidation sites excluding steroid dienone is 2. The number of carbonyl (C=O) groups excluding carboxylic acids is 3. The fraction of sp³-hybridized carbons (Fsp3) is 0.853. The van der Waals surface area contributed by atoms with E-state index < -0.39 is 64.6 Å². The maximum absolute atomic E-state index is 12.5. The van der Waals surface area contributed by atoms with Crippen molar-refractivity contribution < 1.29 is 39.2 Å². The molecule has 5 rings (SSSR count). The predicted molar refractivity (Wildman–Crippen MR) is 156 cm³/mol. The zero-order valence-corrected chi connectivity index (χ0v) is 26.7. The monoisotopic (exact) mass is 588 g/mol. The molecular formula is C34H52O8. The molecule has 0 saturated heterocycles. The average molecular weight is 589 g/mol. The maximum atomic E-state index is 12.5. The lowest BCUT2D eigenvalue weighted by Crippen LogP contribution is -2.72. The van der Waals surface area contributed by atoms with Gasteiger partial charge in [0.05, 0.1) is 29.6 Å². The van der Waals surface area contributed by atoms with Crippen LogP contribution in [-0.2, 0) is 23.9 Å². The number of rotatable bonds is 4. The second-order valence-corrected chi connectivity index (χ2v) is 16.1. The Hall–Kier alpha value is -1.77. The SMILES string of the molecule is CC(=O)OC1C(OC(C)=O)C2(CO)C(O)CC3(C)C(=CCC4C5(C)CCC(O)C(C)(C=O)C5CCC43C)C2CC1(C)C. The molecule has 8 nitrogen and oxygen atoms in total. The second-order valence-electron chi connectivity index (χ2n) is 16.1. The third kappa shape index (κ3) is 3.92. The first-order chi connectivity index (χ1) is 19.4. The molecule has 12 atom stereocenters. The molecule has 42 heavy (non-hydrogen) atoms. The number of hydrogen-bond donors (Lipinski definition) is 3. The van der Waals surface area contributed by atoms with Gasteiger partial charge in [-0.05, 0) is 78.9 Å². The van der Waals surface area contributed by atoms with E-state index in [9.17, 15) is 29.7 Å². The van der Waals surface area contributed by atoms with Crippen LogP contribution in [0, 0.1) is 50.2 Å². The highest BCUT2D eigenvalue weighted by molar-refractivity contribution is 5.68. The molecule has 0 bridgehead atoms. The minimum Gasteiger partial charge on any atom is -0.458 e. The molecule has 3 N–H and O–H groups in total. The van der Waals surface area contributed by atoms with Crippen LogP contribution in [0.5, 0.6) is 0 Å². The third-order valence-electron chi connectivity index (χ3n) is 13.9. The highest BCUT2D eigenvalue weighted by Crippen LogP contribution is 2.75. The second kappa shape index (κ2) is 9.87. The van der Waals surface area contributed by atoms with Gasteiger partial charge in [-0.1, -0.05) is 53.2 Å². The molecule has 0 amide bonds. The first-order valence-electron chi connectivity index (χ1n) is 15.9. The Bertz CT molecular complexity index is 1180. The fourth-order valence-corrected chi connectivity index (χ4v) is 11.5. The Kier molecular flexibility index (Phi) is 7.43. The predicted octanol–water partition coefficient (Wildman–Crippen LogP) is 4.37. The lowest BCUT2D eigenvalue weighted by atomic mass is 9.33. The van der Waals surface area contributed by atoms with Crippen LogP contribution in [0.25, 0.3) is 0 Å². The molecule has 5 aliphatic rings. The molecule has 12 unspecified atom stereocenters. The van der Waals surface area contributed by atoms with Gasteiger partial charge in [0, 0.05) is 19.3 Å². The van der Waals surface area contributed by atoms with Crippen LogP contribution < -0.4 is 0 Å². The third-order valence-corrected chi connectivity index (χ3v) is 13.9. The number of ether oxygens (including phenoxy) is 2. The summed E-state index contributed by atoms with van der Waals surface area (Å²) in [6, 6.07) is 0. The molecule has 4 saturated carbocycles. The molecule has 236 valence electrons. The lowest BCUT2D eigenvalue weighted by molar-refractivity contribution is -0.265. The number of aliphatic hydroxyl groups excluding tert-OH is 3. The van der Waals surface area contributed by atoms with E-state index in [1.54, 1.807) is 0 Å². The zero-order valence-electron chi connectivity index (χ0n) is 26.7. The molecule has 4 fully saturated rings. The Labute approximate surface area is 250 Å². The van der Waals surface area contributed by atoms with Crippen molar-refractivity contribution in [2.24, 2.45) is 50.2 Å². The summed E-state index contributed by atoms with van der Waals surface area (Å²) in [5, 5.41) is 34.3. The van der Waals surface area contributed by atoms with Crippen molar-refractivity contribution in [3.05, 3.63) is 11.6 Å². The quantitative estimate of drug-likeness (QED) is 0.251. The van der Waals surface area contributed by atoms with Crippen molar-refractivity contribution in [3.63, 3.8) is 0 Å². The van der Waals surface area contributed by atoms with Gasteiger partial charge in [-0.2, -0.15) is 0 Å². The summed E-state index contributed by atoms with van der Waals surface area (Å²) < 4.78 is 11.7. The van der Waals surface area contributed by atoms with E-state index in [4.69, 9.17) is 9.47 Å². The van der Waals surface area contributed by atoms with Crippen LogP contribution in [0.3, 0.4) is 0 Å². The van der Waals surface area contributed by atoms with Gasteiger partial charge in [0.2, 0.25) is 0 Å². The first-order valence-corrected chi connectivity index (χ1v) is 15.9. The summed E-state index contributed by atoms with van der Waals surface area (Å²) in [5.41, 5.74) is -2.18. The molecule has 0 aromatic rings. The van der Waals surface area contributed by atoms with E-state index in [-0.39, 0.29) is 28.6 Å². The van der Waals surface area contributed by atoms with Crippen LogP contribution >= 0.6 is 0 Å². The largest absolute Gasteiger partial charge is 0.458 e. The minimum absolute atomic E-state index is 0.0689. The van der Waals surface area contributed by atoms with Gasteiger partial charge in [-0.3, -0.25) is 9.59 Å². The van der Waals surface area contributed by atoms with Crippen LogP contribution in [-0.4, -0.2) is 64.6 Å². The van der Waals surface area contributed by atoms with E-state index in [0.29, 0.717) is 19.3 Å². The molecule has 0 aromatic heterocycles. The number of carbonyl (C=O) groups is 3. The molecule has 8 heteroatoms. The number of fused-ring (bicyclic) bond motifs is 7. The van der Waals surface area contributed by atoms with Crippen LogP contribution in [0.4, 0.5) is 0 Å². The summed E-state index contributed by atoms with van der Waals surface area (Å²) in [4.78, 5) is 37.2. The summed E-state index contributed by atoms with van der Waals surface area (Å²) in [5.74, 6) is -1.02. The summed E-state index contributed by atoms with van der Waals surface area (Å²) in [7, 11) is 0. The number of hydrogen-bond acceptors (Lipinski definition) is 8. The standard InChI is InChI=1S/C34H52O8/c1-19(37)41-27-28(42-20(2)38)34(18-36)22(15-29(27,3)4)21-9-10-24-30(5)13-12-25(39)31(6,17-35)23(30)11-14-32(24,7)33(21,8)16-26(34)40/h9,17,22-28,36,39-40H,10-16,18H2,1-8H3. The smallest absolute Gasteiger partial charge is 0.303 e. The Morgan fingerprint density at radius 2 is 1.52 bits per heavy atom. The average Bonchev–Trinajstić information content (AvgIpc) is 2.88. The minimum atomic E-state index is -1.22. The highest BCUT2D eigenvalue weighted by atomic mass is 16.6. The van der Waals surface area contributed by atoms with Gasteiger partial charge in [-0.25, -0.2) is 0 Å². The van der Waals surface area contributed by atoms with Crippen molar-refractivity contribution >= 4 is 18.2 Å². The van der Waals surface area contributed by atoms with Gasteiger partial charge in [0.1, 0.15) is 18.5 Å². The van der Waals surface area contributed by atoms with Gasteiger partial charge in [0.25, 0.3) is 0 Å². The van der Waals surface area contributed by atoms with Gasteiger partial charge in [0.15, 0.2) is 0 Å². The maximum Gasteiger partial charge on any atom is 0.303 e. The van der Waals surface area contributed by atoms with E-state index in [0.717, 1.165) is 32.0 Å². The number of esters is 2. The fourth-order valence-electron chi connectivity index (χ4n) is 11.5. The first kappa shape index (κ1) is 31.6. The Morgan fingerprint density at radius 3 is 2.10 bits per heavy atom. The van der Waals surface area contributed by atoms with Gasteiger partial charge < -0.3 is 29.6 Å². The van der Waals surface area contributed by atoms with Crippen molar-refractivity contribution in [3.8, 4) is 0 Å². The highest BCUT2D eigenvalue weighted by Gasteiger charge is 2.73. The summed E-state index contributed by atoms with van der Waals surface area (Å²) in [6.07, 6.45) is 4.70. The van der Waals surface area contributed by atoms with Crippen molar-refractivity contribution in [2.75, 3.05) is 6.61 Å². The number of aliphatic hydroxyl groups is 3. The number of aldehydes is 1. The normalized spacial score (nSPS) is 51.0. The molecule has 0 aliphatic heterocycles.